The number of nitrogens with zero attached hydrogens (tertiary/aromatic N) is 1. The molecule has 1 atom stereocenters. The van der Waals surface area contributed by atoms with E-state index >= 15 is 0 Å². The monoisotopic (exact) mass is 511 g/mol. The van der Waals surface area contributed by atoms with E-state index in [1.165, 1.54) is 10.4 Å². The van der Waals surface area contributed by atoms with E-state index in [-0.39, 0.29) is 35.2 Å². The average Bonchev–Trinajstić information content (AvgIpc) is 2.75. The van der Waals surface area contributed by atoms with Crippen LogP contribution in [0.25, 0.3) is 0 Å². The molecule has 2 aromatic rings. The molecule has 2 N–H and O–H groups in total. The Labute approximate surface area is 204 Å². The van der Waals surface area contributed by atoms with Gasteiger partial charge in [-0.1, -0.05) is 41.4 Å². The van der Waals surface area contributed by atoms with Crippen LogP contribution in [-0.4, -0.2) is 43.7 Å². The highest BCUT2D eigenvalue weighted by molar-refractivity contribution is 7.88. The van der Waals surface area contributed by atoms with Crippen LogP contribution >= 0.6 is 23.2 Å². The first-order chi connectivity index (χ1) is 15.6. The van der Waals surface area contributed by atoms with Crippen molar-refractivity contribution < 1.29 is 18.0 Å². The van der Waals surface area contributed by atoms with E-state index in [0.717, 1.165) is 0 Å². The lowest BCUT2D eigenvalue weighted by atomic mass is 9.98. The molecule has 1 heterocycles. The van der Waals surface area contributed by atoms with Gasteiger partial charge in [-0.2, -0.15) is 0 Å². The van der Waals surface area contributed by atoms with E-state index in [0.29, 0.717) is 41.2 Å². The minimum absolute atomic E-state index is 0.0486. The summed E-state index contributed by atoms with van der Waals surface area (Å²) in [5, 5.41) is 6.34. The molecule has 1 fully saturated rings. The quantitative estimate of drug-likeness (QED) is 0.578. The van der Waals surface area contributed by atoms with Gasteiger partial charge in [0, 0.05) is 29.2 Å². The highest BCUT2D eigenvalue weighted by Crippen LogP contribution is 2.27. The number of rotatable bonds is 7. The molecule has 0 radical (unpaired) electrons. The molecule has 33 heavy (non-hydrogen) atoms. The zero-order valence-electron chi connectivity index (χ0n) is 18.5. The Morgan fingerprint density at radius 1 is 1.15 bits per heavy atom. The standard InChI is InChI=1S/C23H27Cl2N3O4S/c1-15(2)26-23(30)19-7-3-4-8-21(19)27-22(29)16-6-5-11-28(13-16)33(31,32)14-17-9-10-18(24)12-20(17)25/h3-4,7-10,12,15-16H,5-6,11,13-14H2,1-2H3,(H,26,30)(H,27,29). The molecule has 0 aliphatic carbocycles. The molecule has 178 valence electrons. The van der Waals surface area contributed by atoms with Crippen LogP contribution in [0.3, 0.4) is 0 Å². The summed E-state index contributed by atoms with van der Waals surface area (Å²) in [6.45, 7) is 4.12. The summed E-state index contributed by atoms with van der Waals surface area (Å²) in [6, 6.07) is 11.4. The third-order valence-electron chi connectivity index (χ3n) is 5.35. The molecule has 0 spiro atoms. The van der Waals surface area contributed by atoms with E-state index in [1.807, 2.05) is 13.8 Å². The minimum Gasteiger partial charge on any atom is -0.350 e. The highest BCUT2D eigenvalue weighted by Gasteiger charge is 2.33. The zero-order chi connectivity index (χ0) is 24.2. The predicted molar refractivity (Wildman–Crippen MR) is 131 cm³/mol. The van der Waals surface area contributed by atoms with Crippen LogP contribution in [0, 0.1) is 5.92 Å². The third kappa shape index (κ3) is 6.69. The van der Waals surface area contributed by atoms with Gasteiger partial charge < -0.3 is 10.6 Å². The Bertz CT molecular complexity index is 1140. The van der Waals surface area contributed by atoms with Crippen LogP contribution < -0.4 is 10.6 Å². The fourth-order valence-electron chi connectivity index (χ4n) is 3.70. The molecule has 1 aliphatic rings. The average molecular weight is 512 g/mol. The molecule has 0 saturated carbocycles. The summed E-state index contributed by atoms with van der Waals surface area (Å²) < 4.78 is 27.4. The Morgan fingerprint density at radius 2 is 1.88 bits per heavy atom. The lowest BCUT2D eigenvalue weighted by molar-refractivity contribution is -0.120. The number of carbonyl (C=O) groups is 2. The normalized spacial score (nSPS) is 17.1. The van der Waals surface area contributed by atoms with Crippen LogP contribution in [0.5, 0.6) is 0 Å². The summed E-state index contributed by atoms with van der Waals surface area (Å²) in [4.78, 5) is 25.5. The smallest absolute Gasteiger partial charge is 0.253 e. The van der Waals surface area contributed by atoms with Crippen molar-refractivity contribution >= 4 is 50.7 Å². The SMILES string of the molecule is CC(C)NC(=O)c1ccccc1NC(=O)C1CCCN(S(=O)(=O)Cc2ccc(Cl)cc2Cl)C1. The Hall–Kier alpha value is -2.13. The summed E-state index contributed by atoms with van der Waals surface area (Å²) in [7, 11) is -3.68. The molecule has 1 unspecified atom stereocenters. The van der Waals surface area contributed by atoms with Crippen molar-refractivity contribution in [3.05, 3.63) is 63.6 Å². The number of hydrogen-bond donors (Lipinski definition) is 2. The summed E-state index contributed by atoms with van der Waals surface area (Å²) >= 11 is 12.1. The molecule has 1 aliphatic heterocycles. The number of para-hydroxylation sites is 1. The second-order valence-electron chi connectivity index (χ2n) is 8.35. The fraction of sp³-hybridized carbons (Fsp3) is 0.391. The van der Waals surface area contributed by atoms with Crippen molar-refractivity contribution in [2.24, 2.45) is 5.92 Å². The van der Waals surface area contributed by atoms with E-state index in [9.17, 15) is 18.0 Å². The van der Waals surface area contributed by atoms with Crippen molar-refractivity contribution in [3.63, 3.8) is 0 Å². The summed E-state index contributed by atoms with van der Waals surface area (Å²) in [6.07, 6.45) is 1.11. The number of halogens is 2. The summed E-state index contributed by atoms with van der Waals surface area (Å²) in [5.74, 6) is -1.40. The molecule has 0 bridgehead atoms. The largest absolute Gasteiger partial charge is 0.350 e. The molecule has 1 saturated heterocycles. The van der Waals surface area contributed by atoms with Crippen LogP contribution in [0.4, 0.5) is 5.69 Å². The first-order valence-electron chi connectivity index (χ1n) is 10.7. The van der Waals surface area contributed by atoms with Crippen molar-refractivity contribution in [3.8, 4) is 0 Å². The van der Waals surface area contributed by atoms with Crippen molar-refractivity contribution in [1.82, 2.24) is 9.62 Å². The van der Waals surface area contributed by atoms with Crippen LogP contribution in [0.2, 0.25) is 10.0 Å². The van der Waals surface area contributed by atoms with Gasteiger partial charge in [0.15, 0.2) is 0 Å². The van der Waals surface area contributed by atoms with E-state index in [4.69, 9.17) is 23.2 Å². The number of carbonyl (C=O) groups excluding carboxylic acids is 2. The fourth-order valence-corrected chi connectivity index (χ4v) is 5.90. The number of sulfonamides is 1. The van der Waals surface area contributed by atoms with Crippen LogP contribution in [-0.2, 0) is 20.6 Å². The molecule has 2 amide bonds. The minimum atomic E-state index is -3.68. The van der Waals surface area contributed by atoms with Gasteiger partial charge in [0.25, 0.3) is 5.91 Å². The van der Waals surface area contributed by atoms with Crippen molar-refractivity contribution in [2.45, 2.75) is 38.5 Å². The molecule has 0 aromatic heterocycles. The molecule has 3 rings (SSSR count). The first-order valence-corrected chi connectivity index (χ1v) is 13.1. The van der Waals surface area contributed by atoms with Crippen molar-refractivity contribution in [2.75, 3.05) is 18.4 Å². The predicted octanol–water partition coefficient (Wildman–Crippen LogP) is 4.31. The van der Waals surface area contributed by atoms with Crippen LogP contribution in [0.1, 0.15) is 42.6 Å². The number of piperidine rings is 1. The van der Waals surface area contributed by atoms with Gasteiger partial charge in [-0.3, -0.25) is 9.59 Å². The maximum atomic E-state index is 13.0. The number of anilines is 1. The molecule has 2 aromatic carbocycles. The maximum Gasteiger partial charge on any atom is 0.253 e. The van der Waals surface area contributed by atoms with E-state index in [2.05, 4.69) is 10.6 Å². The van der Waals surface area contributed by atoms with Gasteiger partial charge in [0.1, 0.15) is 0 Å². The van der Waals surface area contributed by atoms with Gasteiger partial charge in [0.05, 0.1) is 22.9 Å². The number of hydrogen-bond acceptors (Lipinski definition) is 4. The second kappa shape index (κ2) is 10.9. The lowest BCUT2D eigenvalue weighted by Crippen LogP contribution is -2.44. The van der Waals surface area contributed by atoms with Gasteiger partial charge >= 0.3 is 0 Å². The number of benzene rings is 2. The molecule has 7 nitrogen and oxygen atoms in total. The topological polar surface area (TPSA) is 95.6 Å². The van der Waals surface area contributed by atoms with Gasteiger partial charge in [-0.25, -0.2) is 12.7 Å². The van der Waals surface area contributed by atoms with Crippen LogP contribution in [0.15, 0.2) is 42.5 Å². The van der Waals surface area contributed by atoms with Gasteiger partial charge in [-0.15, -0.1) is 0 Å². The first kappa shape index (κ1) is 25.5. The Morgan fingerprint density at radius 3 is 2.58 bits per heavy atom. The van der Waals surface area contributed by atoms with Gasteiger partial charge in [0.2, 0.25) is 15.9 Å². The van der Waals surface area contributed by atoms with Crippen molar-refractivity contribution in [1.29, 1.82) is 0 Å². The second-order valence-corrected chi connectivity index (χ2v) is 11.2. The van der Waals surface area contributed by atoms with Gasteiger partial charge in [-0.05, 0) is 56.5 Å². The Kier molecular flexibility index (Phi) is 8.39. The molecular weight excluding hydrogens is 485 g/mol. The third-order valence-corrected chi connectivity index (χ3v) is 7.73. The molecule has 10 heteroatoms. The Balaban J connectivity index is 1.70. The highest BCUT2D eigenvalue weighted by atomic mass is 35.5. The lowest BCUT2D eigenvalue weighted by Gasteiger charge is -2.31. The number of nitrogens with one attached hydrogen (secondary N) is 2. The van der Waals surface area contributed by atoms with E-state index < -0.39 is 15.9 Å². The summed E-state index contributed by atoms with van der Waals surface area (Å²) in [5.41, 5.74) is 1.21. The maximum absolute atomic E-state index is 13.0. The zero-order valence-corrected chi connectivity index (χ0v) is 20.8. The number of amides is 2. The van der Waals surface area contributed by atoms with E-state index in [1.54, 1.807) is 36.4 Å². The molecular formula is C23H27Cl2N3O4S.